The van der Waals surface area contributed by atoms with Gasteiger partial charge < -0.3 is 15.8 Å². The summed E-state index contributed by atoms with van der Waals surface area (Å²) in [6.45, 7) is 15.4. The van der Waals surface area contributed by atoms with Crippen LogP contribution < -0.4 is 15.8 Å². The lowest BCUT2D eigenvalue weighted by Crippen LogP contribution is -2.21. The zero-order chi connectivity index (χ0) is 25.1. The molecule has 3 aromatic rings. The molecule has 34 heavy (non-hydrogen) atoms. The van der Waals surface area contributed by atoms with Crippen LogP contribution in [-0.4, -0.2) is 5.91 Å². The van der Waals surface area contributed by atoms with E-state index >= 15 is 0 Å². The highest BCUT2D eigenvalue weighted by Gasteiger charge is 2.27. The summed E-state index contributed by atoms with van der Waals surface area (Å²) >= 11 is 0. The minimum atomic E-state index is -0.204. The maximum absolute atomic E-state index is 12.9. The summed E-state index contributed by atoms with van der Waals surface area (Å²) in [5, 5.41) is 2.98. The molecule has 0 radical (unpaired) electrons. The predicted octanol–water partition coefficient (Wildman–Crippen LogP) is 8.00. The van der Waals surface area contributed by atoms with Crippen molar-refractivity contribution in [2.45, 2.75) is 72.1 Å². The summed E-state index contributed by atoms with van der Waals surface area (Å²) in [6, 6.07) is 19.3. The minimum absolute atomic E-state index is 0.0749. The van der Waals surface area contributed by atoms with Crippen LogP contribution in [0.5, 0.6) is 11.5 Å². The van der Waals surface area contributed by atoms with Crippen molar-refractivity contribution in [1.29, 1.82) is 0 Å². The Hall–Kier alpha value is -3.27. The van der Waals surface area contributed by atoms with E-state index in [1.807, 2.05) is 37.3 Å². The van der Waals surface area contributed by atoms with Crippen LogP contribution in [0.2, 0.25) is 0 Å². The van der Waals surface area contributed by atoms with Gasteiger partial charge in [-0.3, -0.25) is 4.79 Å². The Labute approximate surface area is 204 Å². The van der Waals surface area contributed by atoms with Crippen LogP contribution in [-0.2, 0) is 10.8 Å². The molecule has 0 aliphatic rings. The van der Waals surface area contributed by atoms with Crippen molar-refractivity contribution >= 4 is 17.3 Å². The van der Waals surface area contributed by atoms with Crippen molar-refractivity contribution in [3.63, 3.8) is 0 Å². The quantitative estimate of drug-likeness (QED) is 0.336. The zero-order valence-electron chi connectivity index (χ0n) is 21.6. The van der Waals surface area contributed by atoms with Crippen LogP contribution in [0.4, 0.5) is 11.4 Å². The van der Waals surface area contributed by atoms with Crippen LogP contribution in [0.25, 0.3) is 0 Å². The second-order valence-electron chi connectivity index (χ2n) is 10.4. The van der Waals surface area contributed by atoms with Gasteiger partial charge in [0.1, 0.15) is 5.75 Å². The van der Waals surface area contributed by atoms with Crippen LogP contribution in [0, 0.1) is 6.92 Å². The van der Waals surface area contributed by atoms with Gasteiger partial charge in [0, 0.05) is 16.8 Å². The van der Waals surface area contributed by atoms with Crippen molar-refractivity contribution in [1.82, 2.24) is 0 Å². The van der Waals surface area contributed by atoms with Gasteiger partial charge in [0.2, 0.25) is 0 Å². The summed E-state index contributed by atoms with van der Waals surface area (Å²) in [4.78, 5) is 12.9. The van der Waals surface area contributed by atoms with Gasteiger partial charge >= 0.3 is 0 Å². The number of hydrogen-bond donors (Lipinski definition) is 2. The molecule has 3 rings (SSSR count). The van der Waals surface area contributed by atoms with Crippen LogP contribution in [0.3, 0.4) is 0 Å². The van der Waals surface area contributed by atoms with Gasteiger partial charge in [-0.25, -0.2) is 0 Å². The van der Waals surface area contributed by atoms with E-state index in [4.69, 9.17) is 10.5 Å². The number of rotatable bonds is 8. The zero-order valence-corrected chi connectivity index (χ0v) is 21.6. The number of amides is 1. The summed E-state index contributed by atoms with van der Waals surface area (Å²) in [6.07, 6.45) is 2.02. The average Bonchev–Trinajstić information content (AvgIpc) is 2.81. The fourth-order valence-corrected chi connectivity index (χ4v) is 3.72. The number of ether oxygens (including phenoxy) is 1. The summed E-state index contributed by atoms with van der Waals surface area (Å²) in [5.74, 6) is 1.15. The molecule has 0 bridgehead atoms. The molecule has 1 amide bonds. The smallest absolute Gasteiger partial charge is 0.255 e. The third-order valence-corrected chi connectivity index (χ3v) is 7.04. The van der Waals surface area contributed by atoms with E-state index in [2.05, 4.69) is 65.1 Å². The number of nitrogens with one attached hydrogen (secondary N) is 1. The topological polar surface area (TPSA) is 64.3 Å². The molecule has 0 spiro atoms. The second-order valence-corrected chi connectivity index (χ2v) is 10.4. The lowest BCUT2D eigenvalue weighted by atomic mass is 9.76. The first-order chi connectivity index (χ1) is 16.0. The lowest BCUT2D eigenvalue weighted by molar-refractivity contribution is 0.102. The van der Waals surface area contributed by atoms with Gasteiger partial charge in [-0.2, -0.15) is 0 Å². The summed E-state index contributed by atoms with van der Waals surface area (Å²) in [7, 11) is 0. The van der Waals surface area contributed by atoms with Crippen LogP contribution >= 0.6 is 0 Å². The van der Waals surface area contributed by atoms with E-state index in [0.29, 0.717) is 22.7 Å². The Balaban J connectivity index is 2.00. The summed E-state index contributed by atoms with van der Waals surface area (Å²) < 4.78 is 6.47. The monoisotopic (exact) mass is 458 g/mol. The Bertz CT molecular complexity index is 1160. The molecule has 3 N–H and O–H groups in total. The molecular weight excluding hydrogens is 420 g/mol. The maximum atomic E-state index is 12.9. The highest BCUT2D eigenvalue weighted by Crippen LogP contribution is 2.41. The fourth-order valence-electron chi connectivity index (χ4n) is 3.72. The van der Waals surface area contributed by atoms with Crippen molar-refractivity contribution in [2.75, 3.05) is 11.1 Å². The molecule has 0 fully saturated rings. The van der Waals surface area contributed by atoms with Gasteiger partial charge in [0.05, 0.1) is 5.69 Å². The number of aryl methyl sites for hydroxylation is 1. The molecule has 0 unspecified atom stereocenters. The fraction of sp³-hybridized carbons (Fsp3) is 0.367. The number of benzene rings is 3. The Morgan fingerprint density at radius 1 is 0.853 bits per heavy atom. The Morgan fingerprint density at radius 2 is 1.47 bits per heavy atom. The number of anilines is 2. The lowest BCUT2D eigenvalue weighted by Gasteiger charge is -2.30. The van der Waals surface area contributed by atoms with E-state index < -0.39 is 0 Å². The Morgan fingerprint density at radius 3 is 2.09 bits per heavy atom. The van der Waals surface area contributed by atoms with Gasteiger partial charge in [-0.05, 0) is 72.6 Å². The number of nitrogens with two attached hydrogens (primary N) is 1. The van der Waals surface area contributed by atoms with Crippen molar-refractivity contribution < 1.29 is 9.53 Å². The van der Waals surface area contributed by atoms with Crippen molar-refractivity contribution in [3.05, 3.63) is 82.9 Å². The Kier molecular flexibility index (Phi) is 7.40. The minimum Gasteiger partial charge on any atom is -0.455 e. The second kappa shape index (κ2) is 9.92. The molecule has 0 saturated heterocycles. The van der Waals surface area contributed by atoms with E-state index in [1.165, 1.54) is 5.56 Å². The first-order valence-electron chi connectivity index (χ1n) is 12.1. The van der Waals surface area contributed by atoms with Crippen LogP contribution in [0.15, 0.2) is 60.7 Å². The number of carbonyl (C=O) groups excluding carboxylic acids is 1. The number of carbonyl (C=O) groups is 1. The first kappa shape index (κ1) is 25.4. The predicted molar refractivity (Wildman–Crippen MR) is 143 cm³/mol. The van der Waals surface area contributed by atoms with Crippen LogP contribution in [0.1, 0.15) is 81.4 Å². The van der Waals surface area contributed by atoms with E-state index in [-0.39, 0.29) is 16.7 Å². The SMILES string of the molecule is CCC(C)(C)c1ccc(Oc2ccc(N)cc2NC(=O)c2ccc(C)cc2)c(C(C)(C)CC)c1. The number of hydrogen-bond acceptors (Lipinski definition) is 3. The molecule has 0 heterocycles. The average molecular weight is 459 g/mol. The molecule has 0 aliphatic heterocycles. The van der Waals surface area contributed by atoms with Gasteiger partial charge in [-0.15, -0.1) is 0 Å². The molecular formula is C30H38N2O2. The highest BCUT2D eigenvalue weighted by atomic mass is 16.5. The molecule has 4 nitrogen and oxygen atoms in total. The largest absolute Gasteiger partial charge is 0.455 e. The molecule has 0 aromatic heterocycles. The third kappa shape index (κ3) is 5.61. The molecule has 0 atom stereocenters. The standard InChI is InChI=1S/C30H38N2O2/c1-8-29(4,5)22-14-16-26(24(18-22)30(6,7)9-2)34-27-17-15-23(31)19-25(27)32-28(33)21-12-10-20(3)11-13-21/h10-19H,8-9,31H2,1-7H3,(H,32,33). The first-order valence-corrected chi connectivity index (χ1v) is 12.1. The van der Waals surface area contributed by atoms with Crippen molar-refractivity contribution in [2.24, 2.45) is 0 Å². The van der Waals surface area contributed by atoms with Gasteiger partial charge in [-0.1, -0.05) is 71.4 Å². The molecule has 0 saturated carbocycles. The van der Waals surface area contributed by atoms with Gasteiger partial charge in [0.25, 0.3) is 5.91 Å². The highest BCUT2D eigenvalue weighted by molar-refractivity contribution is 6.05. The normalized spacial score (nSPS) is 11.9. The van der Waals surface area contributed by atoms with E-state index in [0.717, 1.165) is 29.7 Å². The molecule has 3 aromatic carbocycles. The third-order valence-electron chi connectivity index (χ3n) is 7.04. The number of nitrogen functional groups attached to an aromatic ring is 1. The van der Waals surface area contributed by atoms with E-state index in [1.54, 1.807) is 12.1 Å². The summed E-state index contributed by atoms with van der Waals surface area (Å²) in [5.41, 5.74) is 11.3. The molecule has 0 aliphatic carbocycles. The molecule has 180 valence electrons. The van der Waals surface area contributed by atoms with E-state index in [9.17, 15) is 4.79 Å². The van der Waals surface area contributed by atoms with Gasteiger partial charge in [0.15, 0.2) is 5.75 Å². The maximum Gasteiger partial charge on any atom is 0.255 e. The van der Waals surface area contributed by atoms with Crippen molar-refractivity contribution in [3.8, 4) is 11.5 Å². The molecule has 4 heteroatoms.